The number of aryl methyl sites for hydroxylation is 1. The number of halogens is 1. The molecule has 11 heteroatoms. The van der Waals surface area contributed by atoms with Gasteiger partial charge in [-0.25, -0.2) is 0 Å². The molecule has 3 aliphatic rings. The largest absolute Gasteiger partial charge is 0.374 e. The van der Waals surface area contributed by atoms with Crippen LogP contribution in [0, 0.1) is 34.3 Å². The molecule has 5 rings (SSSR count). The van der Waals surface area contributed by atoms with Crippen LogP contribution in [0.5, 0.6) is 0 Å². The number of nitrogens with one attached hydrogen (secondary N) is 2. The van der Waals surface area contributed by atoms with Crippen LogP contribution in [0.3, 0.4) is 0 Å². The second kappa shape index (κ2) is 9.83. The second-order valence-corrected chi connectivity index (χ2v) is 12.3. The number of piperidine rings is 1. The zero-order valence-corrected chi connectivity index (χ0v) is 23.3. The van der Waals surface area contributed by atoms with E-state index in [4.69, 9.17) is 0 Å². The molecule has 2 saturated heterocycles. The number of nitrogens with zero attached hydrogens (tertiary/aromatic N) is 3. The van der Waals surface area contributed by atoms with E-state index in [0.29, 0.717) is 53.7 Å². The summed E-state index contributed by atoms with van der Waals surface area (Å²) in [6.07, 6.45) is 2.78. The third kappa shape index (κ3) is 5.08. The van der Waals surface area contributed by atoms with E-state index in [-0.39, 0.29) is 45.8 Å². The highest BCUT2D eigenvalue weighted by Gasteiger charge is 2.56. The van der Waals surface area contributed by atoms with Crippen molar-refractivity contribution >= 4 is 39.1 Å². The molecule has 0 unspecified atom stereocenters. The van der Waals surface area contributed by atoms with E-state index in [0.717, 1.165) is 19.3 Å². The molecule has 3 atom stereocenters. The Morgan fingerprint density at radius 2 is 1.76 bits per heavy atom. The van der Waals surface area contributed by atoms with Gasteiger partial charge in [0, 0.05) is 59.5 Å². The first-order valence-corrected chi connectivity index (χ1v) is 13.8. The van der Waals surface area contributed by atoms with Crippen molar-refractivity contribution in [1.29, 1.82) is 0 Å². The van der Waals surface area contributed by atoms with Crippen molar-refractivity contribution in [3.8, 4) is 0 Å². The second-order valence-electron chi connectivity index (χ2n) is 11.4. The fourth-order valence-electron chi connectivity index (χ4n) is 6.21. The van der Waals surface area contributed by atoms with Gasteiger partial charge in [0.25, 0.3) is 17.5 Å². The average molecular weight is 586 g/mol. The van der Waals surface area contributed by atoms with Crippen molar-refractivity contribution in [2.45, 2.75) is 46.1 Å². The van der Waals surface area contributed by atoms with Crippen LogP contribution in [0.2, 0.25) is 0 Å². The monoisotopic (exact) mass is 585 g/mol. The summed E-state index contributed by atoms with van der Waals surface area (Å²) in [4.78, 5) is 56.8. The summed E-state index contributed by atoms with van der Waals surface area (Å²) in [6, 6.07) is 5.75. The van der Waals surface area contributed by atoms with Crippen LogP contribution >= 0.6 is 15.9 Å². The number of H-pyrrole nitrogens is 1. The van der Waals surface area contributed by atoms with Crippen molar-refractivity contribution in [2.75, 3.05) is 31.5 Å². The van der Waals surface area contributed by atoms with E-state index in [1.165, 1.54) is 12.1 Å². The first-order chi connectivity index (χ1) is 18.0. The predicted octanol–water partition coefficient (Wildman–Crippen LogP) is 4.19. The lowest BCUT2D eigenvalue weighted by Crippen LogP contribution is -2.43. The number of aromatic amines is 1. The molecule has 2 N–H and O–H groups in total. The summed E-state index contributed by atoms with van der Waals surface area (Å²) in [7, 11) is 0. The smallest absolute Gasteiger partial charge is 0.294 e. The minimum atomic E-state index is -0.470. The van der Waals surface area contributed by atoms with Gasteiger partial charge >= 0.3 is 0 Å². The lowest BCUT2D eigenvalue weighted by molar-refractivity contribution is -0.384. The van der Waals surface area contributed by atoms with E-state index in [9.17, 15) is 24.5 Å². The van der Waals surface area contributed by atoms with Crippen LogP contribution in [0.15, 0.2) is 33.5 Å². The van der Waals surface area contributed by atoms with Gasteiger partial charge in [-0.2, -0.15) is 0 Å². The van der Waals surface area contributed by atoms with Gasteiger partial charge in [-0.1, -0.05) is 29.8 Å². The highest BCUT2D eigenvalue weighted by molar-refractivity contribution is 9.10. The number of hydrogen-bond donors (Lipinski definition) is 2. The summed E-state index contributed by atoms with van der Waals surface area (Å²) in [5.74, 6) is 0.219. The number of carbonyl (C=O) groups excluding carboxylic acids is 2. The van der Waals surface area contributed by atoms with E-state index in [2.05, 4.69) is 40.1 Å². The molecule has 1 saturated carbocycles. The van der Waals surface area contributed by atoms with E-state index in [1.807, 2.05) is 0 Å². The summed E-state index contributed by atoms with van der Waals surface area (Å²) in [5, 5.41) is 15.5. The normalized spacial score (nSPS) is 23.9. The highest BCUT2D eigenvalue weighted by atomic mass is 79.9. The predicted molar refractivity (Wildman–Crippen MR) is 146 cm³/mol. The van der Waals surface area contributed by atoms with E-state index in [1.54, 1.807) is 28.9 Å². The third-order valence-electron chi connectivity index (χ3n) is 8.04. The van der Waals surface area contributed by atoms with Crippen molar-refractivity contribution in [1.82, 2.24) is 14.8 Å². The Morgan fingerprint density at radius 1 is 1.08 bits per heavy atom. The molecule has 1 aromatic heterocycles. The van der Waals surface area contributed by atoms with Crippen molar-refractivity contribution in [2.24, 2.45) is 17.3 Å². The Morgan fingerprint density at radius 3 is 2.37 bits per heavy atom. The van der Waals surface area contributed by atoms with Crippen LogP contribution in [-0.2, 0) is 0 Å². The number of anilines is 1. The lowest BCUT2D eigenvalue weighted by Gasteiger charge is -2.35. The topological polar surface area (TPSA) is 129 Å². The van der Waals surface area contributed by atoms with Crippen LogP contribution in [0.4, 0.5) is 11.4 Å². The summed E-state index contributed by atoms with van der Waals surface area (Å²) in [6.45, 7) is 7.97. The standard InChI is InChI=1S/C27H32BrN5O5/c1-15-6-16(2)12-31(11-15)26(36)20-9-19(28)10-21(33(37)38)24(20)30-22-13-32(14-27(22)4-5-27)25(35)18-7-17(3)29-23(34)8-18/h7-10,15-16,22,30H,4-6,11-14H2,1-3H3,(H,29,34)/t15-,16+,22-/m0/s1. The molecule has 1 aromatic carbocycles. The molecule has 2 aromatic rings. The van der Waals surface area contributed by atoms with Gasteiger partial charge in [0.2, 0.25) is 5.56 Å². The number of nitro benzene ring substituents is 1. The first kappa shape index (κ1) is 26.4. The maximum absolute atomic E-state index is 13.8. The van der Waals surface area contributed by atoms with Crippen LogP contribution in [0.25, 0.3) is 0 Å². The molecule has 0 radical (unpaired) electrons. The van der Waals surface area contributed by atoms with Gasteiger partial charge in [0.05, 0.1) is 16.5 Å². The van der Waals surface area contributed by atoms with Gasteiger partial charge in [-0.05, 0) is 50.2 Å². The quantitative estimate of drug-likeness (QED) is 0.400. The number of rotatable bonds is 5. The average Bonchev–Trinajstić information content (AvgIpc) is 3.52. The molecule has 0 bridgehead atoms. The minimum absolute atomic E-state index is 0.174. The van der Waals surface area contributed by atoms with Crippen molar-refractivity contribution < 1.29 is 14.5 Å². The summed E-state index contributed by atoms with van der Waals surface area (Å²) >= 11 is 3.36. The summed E-state index contributed by atoms with van der Waals surface area (Å²) < 4.78 is 0.463. The minimum Gasteiger partial charge on any atom is -0.374 e. The fraction of sp³-hybridized carbons (Fsp3) is 0.519. The Bertz CT molecular complexity index is 1360. The molecule has 202 valence electrons. The van der Waals surface area contributed by atoms with Crippen molar-refractivity contribution in [3.63, 3.8) is 0 Å². The van der Waals surface area contributed by atoms with E-state index >= 15 is 0 Å². The molecule has 3 fully saturated rings. The van der Waals surface area contributed by atoms with Crippen LogP contribution in [0.1, 0.15) is 59.5 Å². The molecule has 10 nitrogen and oxygen atoms in total. The number of amides is 2. The Balaban J connectivity index is 1.46. The third-order valence-corrected chi connectivity index (χ3v) is 8.50. The number of aromatic nitrogens is 1. The fourth-order valence-corrected chi connectivity index (χ4v) is 6.65. The number of hydrogen-bond acceptors (Lipinski definition) is 6. The summed E-state index contributed by atoms with van der Waals surface area (Å²) in [5.41, 5.74) is 0.656. The van der Waals surface area contributed by atoms with Gasteiger partial charge < -0.3 is 20.1 Å². The van der Waals surface area contributed by atoms with Gasteiger partial charge in [-0.3, -0.25) is 24.5 Å². The molecule has 2 aliphatic heterocycles. The van der Waals surface area contributed by atoms with Crippen molar-refractivity contribution in [3.05, 3.63) is 66.0 Å². The highest BCUT2D eigenvalue weighted by Crippen LogP contribution is 2.54. The van der Waals surface area contributed by atoms with Gasteiger partial charge in [0.15, 0.2) is 0 Å². The maximum atomic E-state index is 13.8. The lowest BCUT2D eigenvalue weighted by atomic mass is 9.91. The number of carbonyl (C=O) groups is 2. The Kier molecular flexibility index (Phi) is 6.83. The SMILES string of the molecule is Cc1cc(C(=O)N2C[C@H](Nc3c(C(=O)N4C[C@H](C)C[C@H](C)C4)cc(Br)cc3[N+](=O)[O-])C3(CC3)C2)cc(=O)[nH]1. The number of nitro groups is 1. The zero-order valence-electron chi connectivity index (χ0n) is 21.8. The first-order valence-electron chi connectivity index (χ1n) is 13.0. The Labute approximate surface area is 229 Å². The molecular weight excluding hydrogens is 554 g/mol. The molecule has 1 aliphatic carbocycles. The number of likely N-dealkylation sites (tertiary alicyclic amines) is 2. The number of benzene rings is 1. The van der Waals surface area contributed by atoms with Gasteiger partial charge in [0.1, 0.15) is 5.69 Å². The Hall–Kier alpha value is -3.21. The van der Waals surface area contributed by atoms with E-state index < -0.39 is 4.92 Å². The number of pyridine rings is 1. The molecule has 38 heavy (non-hydrogen) atoms. The van der Waals surface area contributed by atoms with Gasteiger partial charge in [-0.15, -0.1) is 0 Å². The molecule has 2 amide bonds. The maximum Gasteiger partial charge on any atom is 0.294 e. The zero-order chi connectivity index (χ0) is 27.4. The molecule has 3 heterocycles. The van der Waals surface area contributed by atoms with Crippen LogP contribution in [-0.4, -0.2) is 63.7 Å². The molecule has 1 spiro atoms. The van der Waals surface area contributed by atoms with Crippen LogP contribution < -0.4 is 10.9 Å². The molecular formula is C27H32BrN5O5.